The molecule has 0 aromatic rings. The maximum absolute atomic E-state index is 12.9. The summed E-state index contributed by atoms with van der Waals surface area (Å²) in [6.07, 6.45) is 4.99. The number of alkyl halides is 3. The molecule has 1 saturated heterocycles. The number of hydrogen-bond donors (Lipinski definition) is 1. The molecule has 1 unspecified atom stereocenters. The Balaban J connectivity index is 2.76. The second kappa shape index (κ2) is 11.3. The van der Waals surface area contributed by atoms with Crippen LogP contribution in [0.4, 0.5) is 13.2 Å². The molecule has 0 spiro atoms. The standard InChI is InChI=1S/C18H28F3N3/c1-2-3-4-7-16(14-18(19,20)21)15-24(13-6-5-10-22)17-8-11-23-12-9-17/h2-4,7,16-17,23H,5-6,8-9,11-15H2,1H3/b3-2-,7-4-. The van der Waals surface area contributed by atoms with Gasteiger partial charge in [0.25, 0.3) is 0 Å². The van der Waals surface area contributed by atoms with Crippen molar-refractivity contribution in [3.63, 3.8) is 0 Å². The molecular formula is C18H28F3N3. The normalized spacial score (nSPS) is 18.5. The van der Waals surface area contributed by atoms with Crippen molar-refractivity contribution in [2.45, 2.75) is 51.2 Å². The maximum atomic E-state index is 12.9. The van der Waals surface area contributed by atoms with Gasteiger partial charge in [-0.05, 0) is 51.7 Å². The van der Waals surface area contributed by atoms with Crippen LogP contribution in [0, 0.1) is 17.2 Å². The monoisotopic (exact) mass is 343 g/mol. The van der Waals surface area contributed by atoms with Gasteiger partial charge in [-0.2, -0.15) is 18.4 Å². The van der Waals surface area contributed by atoms with Gasteiger partial charge in [0.05, 0.1) is 12.5 Å². The molecule has 0 bridgehead atoms. The summed E-state index contributed by atoms with van der Waals surface area (Å²) in [5, 5.41) is 12.0. The van der Waals surface area contributed by atoms with Crippen LogP contribution in [0.25, 0.3) is 0 Å². The van der Waals surface area contributed by atoms with Crippen LogP contribution in [0.15, 0.2) is 24.3 Å². The number of nitrogens with one attached hydrogen (secondary N) is 1. The Morgan fingerprint density at radius 3 is 2.58 bits per heavy atom. The van der Waals surface area contributed by atoms with Crippen LogP contribution in [0.3, 0.4) is 0 Å². The molecule has 24 heavy (non-hydrogen) atoms. The van der Waals surface area contributed by atoms with Crippen molar-refractivity contribution in [2.75, 3.05) is 26.2 Å². The molecule has 0 saturated carbocycles. The topological polar surface area (TPSA) is 39.1 Å². The average Bonchev–Trinajstić information content (AvgIpc) is 2.53. The lowest BCUT2D eigenvalue weighted by molar-refractivity contribution is -0.142. The van der Waals surface area contributed by atoms with E-state index in [4.69, 9.17) is 5.26 Å². The number of hydrogen-bond acceptors (Lipinski definition) is 3. The molecule has 0 aliphatic carbocycles. The van der Waals surface area contributed by atoms with E-state index >= 15 is 0 Å². The second-order valence-electron chi connectivity index (χ2n) is 6.23. The van der Waals surface area contributed by atoms with E-state index in [9.17, 15) is 13.2 Å². The third-order valence-corrected chi connectivity index (χ3v) is 4.21. The van der Waals surface area contributed by atoms with Gasteiger partial charge in [-0.25, -0.2) is 0 Å². The van der Waals surface area contributed by atoms with E-state index in [-0.39, 0.29) is 0 Å². The van der Waals surface area contributed by atoms with Gasteiger partial charge >= 0.3 is 6.18 Å². The first-order valence-corrected chi connectivity index (χ1v) is 8.64. The smallest absolute Gasteiger partial charge is 0.317 e. The van der Waals surface area contributed by atoms with Gasteiger partial charge in [-0.3, -0.25) is 4.90 Å². The van der Waals surface area contributed by atoms with Crippen molar-refractivity contribution in [3.05, 3.63) is 24.3 Å². The van der Waals surface area contributed by atoms with Crippen LogP contribution in [0.2, 0.25) is 0 Å². The van der Waals surface area contributed by atoms with Gasteiger partial charge in [-0.1, -0.05) is 24.3 Å². The van der Waals surface area contributed by atoms with Gasteiger partial charge in [0.2, 0.25) is 0 Å². The molecule has 6 heteroatoms. The predicted molar refractivity (Wildman–Crippen MR) is 90.4 cm³/mol. The Morgan fingerprint density at radius 2 is 2.00 bits per heavy atom. The Morgan fingerprint density at radius 1 is 1.29 bits per heavy atom. The lowest BCUT2D eigenvalue weighted by Crippen LogP contribution is -2.45. The number of rotatable bonds is 9. The fraction of sp³-hybridized carbons (Fsp3) is 0.722. The molecule has 1 aliphatic heterocycles. The van der Waals surface area contributed by atoms with Crippen molar-refractivity contribution in [3.8, 4) is 6.07 Å². The summed E-state index contributed by atoms with van der Waals surface area (Å²) in [5.74, 6) is -0.557. The van der Waals surface area contributed by atoms with Crippen LogP contribution in [-0.2, 0) is 0 Å². The first kappa shape index (κ1) is 20.7. The molecule has 0 aromatic carbocycles. The van der Waals surface area contributed by atoms with E-state index in [2.05, 4.69) is 16.3 Å². The summed E-state index contributed by atoms with van der Waals surface area (Å²) in [4.78, 5) is 2.16. The SMILES string of the molecule is C/C=C\C=C/C(CN(CCCC#N)C1CCNCC1)CC(F)(F)F. The maximum Gasteiger partial charge on any atom is 0.389 e. The third kappa shape index (κ3) is 9.09. The van der Waals surface area contributed by atoms with Crippen molar-refractivity contribution in [1.29, 1.82) is 5.26 Å². The second-order valence-corrected chi connectivity index (χ2v) is 6.23. The molecule has 1 N–H and O–H groups in total. The van der Waals surface area contributed by atoms with Crippen molar-refractivity contribution >= 4 is 0 Å². The first-order valence-electron chi connectivity index (χ1n) is 8.64. The predicted octanol–water partition coefficient (Wildman–Crippen LogP) is 4.05. The number of halogens is 3. The number of piperidine rings is 1. The minimum absolute atomic E-state index is 0.302. The highest BCUT2D eigenvalue weighted by atomic mass is 19.4. The zero-order valence-electron chi connectivity index (χ0n) is 14.4. The average molecular weight is 343 g/mol. The molecule has 136 valence electrons. The summed E-state index contributed by atoms with van der Waals surface area (Å²) in [6, 6.07) is 2.42. The molecule has 3 nitrogen and oxygen atoms in total. The van der Waals surface area contributed by atoms with Gasteiger partial charge in [0, 0.05) is 19.0 Å². The molecule has 1 heterocycles. The molecule has 0 amide bonds. The van der Waals surface area contributed by atoms with Gasteiger partial charge in [0.15, 0.2) is 0 Å². The van der Waals surface area contributed by atoms with E-state index in [1.807, 2.05) is 6.92 Å². The number of nitriles is 1. The molecular weight excluding hydrogens is 315 g/mol. The number of nitrogens with zero attached hydrogens (tertiary/aromatic N) is 2. The number of unbranched alkanes of at least 4 members (excludes halogenated alkanes) is 1. The van der Waals surface area contributed by atoms with Crippen LogP contribution in [0.1, 0.15) is 39.0 Å². The Kier molecular flexibility index (Phi) is 9.73. The van der Waals surface area contributed by atoms with Crippen LogP contribution in [0.5, 0.6) is 0 Å². The zero-order valence-corrected chi connectivity index (χ0v) is 14.4. The summed E-state index contributed by atoms with van der Waals surface area (Å²) >= 11 is 0. The summed E-state index contributed by atoms with van der Waals surface area (Å²) in [6.45, 7) is 4.72. The van der Waals surface area contributed by atoms with Crippen LogP contribution >= 0.6 is 0 Å². The van der Waals surface area contributed by atoms with Crippen LogP contribution in [-0.4, -0.2) is 43.3 Å². The quantitative estimate of drug-likeness (QED) is 0.507. The zero-order chi connectivity index (χ0) is 17.8. The van der Waals surface area contributed by atoms with Crippen molar-refractivity contribution < 1.29 is 13.2 Å². The van der Waals surface area contributed by atoms with E-state index in [0.29, 0.717) is 32.0 Å². The molecule has 0 aromatic heterocycles. The van der Waals surface area contributed by atoms with E-state index in [1.54, 1.807) is 24.3 Å². The minimum Gasteiger partial charge on any atom is -0.317 e. The van der Waals surface area contributed by atoms with Crippen molar-refractivity contribution in [1.82, 2.24) is 10.2 Å². The Labute approximate surface area is 143 Å². The largest absolute Gasteiger partial charge is 0.389 e. The fourth-order valence-corrected chi connectivity index (χ4v) is 3.08. The van der Waals surface area contributed by atoms with Gasteiger partial charge in [-0.15, -0.1) is 0 Å². The lowest BCUT2D eigenvalue weighted by atomic mass is 9.99. The fourth-order valence-electron chi connectivity index (χ4n) is 3.08. The van der Waals surface area contributed by atoms with Gasteiger partial charge in [0.1, 0.15) is 0 Å². The van der Waals surface area contributed by atoms with E-state index < -0.39 is 18.5 Å². The van der Waals surface area contributed by atoms with Crippen LogP contribution < -0.4 is 5.32 Å². The van der Waals surface area contributed by atoms with E-state index in [1.165, 1.54) is 0 Å². The summed E-state index contributed by atoms with van der Waals surface area (Å²) in [7, 11) is 0. The highest BCUT2D eigenvalue weighted by Gasteiger charge is 2.32. The molecule has 1 rings (SSSR count). The van der Waals surface area contributed by atoms with E-state index in [0.717, 1.165) is 25.9 Å². The molecule has 1 fully saturated rings. The van der Waals surface area contributed by atoms with Crippen molar-refractivity contribution in [2.24, 2.45) is 5.92 Å². The highest BCUT2D eigenvalue weighted by Crippen LogP contribution is 2.27. The summed E-state index contributed by atoms with van der Waals surface area (Å²) in [5.41, 5.74) is 0. The number of allylic oxidation sites excluding steroid dienone is 3. The lowest BCUT2D eigenvalue weighted by Gasteiger charge is -2.36. The molecule has 0 radical (unpaired) electrons. The Bertz CT molecular complexity index is 432. The first-order chi connectivity index (χ1) is 11.5. The Hall–Kier alpha value is -1.32. The summed E-state index contributed by atoms with van der Waals surface area (Å²) < 4.78 is 38.7. The molecule has 1 aliphatic rings. The highest BCUT2D eigenvalue weighted by molar-refractivity contribution is 5.04. The van der Waals surface area contributed by atoms with Gasteiger partial charge < -0.3 is 5.32 Å². The molecule has 1 atom stereocenters. The minimum atomic E-state index is -4.17. The third-order valence-electron chi connectivity index (χ3n) is 4.21.